The van der Waals surface area contributed by atoms with E-state index in [0.717, 1.165) is 31.7 Å². The van der Waals surface area contributed by atoms with Crippen molar-refractivity contribution >= 4 is 12.6 Å². The van der Waals surface area contributed by atoms with Crippen LogP contribution >= 0.6 is 0 Å². The normalized spacial score (nSPS) is 23.2. The lowest BCUT2D eigenvalue weighted by Crippen LogP contribution is -2.36. The molecule has 1 aliphatic rings. The van der Waals surface area contributed by atoms with Gasteiger partial charge < -0.3 is 14.8 Å². The minimum Gasteiger partial charge on any atom is -0.491 e. The highest BCUT2D eigenvalue weighted by molar-refractivity contribution is 6.59. The van der Waals surface area contributed by atoms with E-state index in [4.69, 9.17) is 4.74 Å². The minimum atomic E-state index is -1.71. The molecule has 0 aromatic heterocycles. The maximum absolute atomic E-state index is 13.2. The summed E-state index contributed by atoms with van der Waals surface area (Å²) in [7, 11) is -1.71. The van der Waals surface area contributed by atoms with E-state index >= 15 is 0 Å². The Bertz CT molecular complexity index is 425. The summed E-state index contributed by atoms with van der Waals surface area (Å²) < 4.78 is 19.1. The van der Waals surface area contributed by atoms with E-state index in [1.165, 1.54) is 18.6 Å². The monoisotopic (exact) mass is 266 g/mol. The van der Waals surface area contributed by atoms with Crippen LogP contribution in [-0.4, -0.2) is 23.3 Å². The van der Waals surface area contributed by atoms with E-state index in [9.17, 15) is 14.4 Å². The summed E-state index contributed by atoms with van der Waals surface area (Å²) in [5.74, 6) is 0.371. The number of benzene rings is 1. The number of hydrogen-bond acceptors (Lipinski definition) is 3. The maximum atomic E-state index is 13.2. The minimum absolute atomic E-state index is 0.0849. The van der Waals surface area contributed by atoms with Crippen LogP contribution < -0.4 is 10.2 Å². The molecule has 0 saturated heterocycles. The van der Waals surface area contributed by atoms with Gasteiger partial charge in [0.25, 0.3) is 0 Å². The lowest BCUT2D eigenvalue weighted by atomic mass is 9.79. The lowest BCUT2D eigenvalue weighted by Gasteiger charge is -2.31. The first-order valence-electron chi connectivity index (χ1n) is 6.94. The van der Waals surface area contributed by atoms with Gasteiger partial charge in [-0.05, 0) is 49.8 Å². The second-order valence-electron chi connectivity index (χ2n) is 5.16. The Morgan fingerprint density at radius 2 is 2.05 bits per heavy atom. The molecule has 104 valence electrons. The molecule has 1 aromatic rings. The Balaban J connectivity index is 2.17. The van der Waals surface area contributed by atoms with E-state index in [0.29, 0.717) is 11.7 Å². The van der Waals surface area contributed by atoms with Crippen molar-refractivity contribution in [2.24, 2.45) is 5.92 Å². The Labute approximate surface area is 113 Å². The molecule has 0 bridgehead atoms. The molecule has 19 heavy (non-hydrogen) atoms. The molecule has 2 N–H and O–H groups in total. The number of rotatable bonds is 4. The Morgan fingerprint density at radius 1 is 1.32 bits per heavy atom. The SMILES string of the molecule is CCC1CCCCC1Oc1ccc(F)cc1B(O)O. The van der Waals surface area contributed by atoms with E-state index in [2.05, 4.69) is 6.92 Å². The van der Waals surface area contributed by atoms with Crippen molar-refractivity contribution < 1.29 is 19.2 Å². The zero-order valence-corrected chi connectivity index (χ0v) is 11.2. The fourth-order valence-corrected chi connectivity index (χ4v) is 2.79. The van der Waals surface area contributed by atoms with Crippen LogP contribution in [0.5, 0.6) is 5.75 Å². The zero-order chi connectivity index (χ0) is 13.8. The van der Waals surface area contributed by atoms with Gasteiger partial charge in [0.15, 0.2) is 0 Å². The fourth-order valence-electron chi connectivity index (χ4n) is 2.79. The first kappa shape index (κ1) is 14.3. The third kappa shape index (κ3) is 3.48. The van der Waals surface area contributed by atoms with Gasteiger partial charge in [-0.1, -0.05) is 13.3 Å². The first-order chi connectivity index (χ1) is 9.11. The molecule has 0 spiro atoms. The Morgan fingerprint density at radius 3 is 2.74 bits per heavy atom. The molecule has 5 heteroatoms. The van der Waals surface area contributed by atoms with Gasteiger partial charge in [-0.2, -0.15) is 0 Å². The van der Waals surface area contributed by atoms with Crippen molar-refractivity contribution in [3.63, 3.8) is 0 Å². The summed E-state index contributed by atoms with van der Waals surface area (Å²) in [5.41, 5.74) is 0.0976. The van der Waals surface area contributed by atoms with Gasteiger partial charge in [0.05, 0.1) is 0 Å². The van der Waals surface area contributed by atoms with Crippen LogP contribution in [0.15, 0.2) is 18.2 Å². The quantitative estimate of drug-likeness (QED) is 0.818. The first-order valence-corrected chi connectivity index (χ1v) is 6.94. The van der Waals surface area contributed by atoms with E-state index in [1.807, 2.05) is 0 Å². The van der Waals surface area contributed by atoms with Gasteiger partial charge >= 0.3 is 7.12 Å². The van der Waals surface area contributed by atoms with Gasteiger partial charge in [0.1, 0.15) is 17.7 Å². The second kappa shape index (κ2) is 6.39. The summed E-state index contributed by atoms with van der Waals surface area (Å²) in [5, 5.41) is 18.6. The van der Waals surface area contributed by atoms with Crippen molar-refractivity contribution in [2.45, 2.75) is 45.1 Å². The highest BCUT2D eigenvalue weighted by Gasteiger charge is 2.27. The van der Waals surface area contributed by atoms with E-state index in [1.54, 1.807) is 0 Å². The van der Waals surface area contributed by atoms with Crippen molar-refractivity contribution in [3.05, 3.63) is 24.0 Å². The van der Waals surface area contributed by atoms with Gasteiger partial charge in [0, 0.05) is 5.46 Å². The molecule has 2 rings (SSSR count). The van der Waals surface area contributed by atoms with Gasteiger partial charge in [-0.15, -0.1) is 0 Å². The highest BCUT2D eigenvalue weighted by Crippen LogP contribution is 2.30. The second-order valence-corrected chi connectivity index (χ2v) is 5.16. The van der Waals surface area contributed by atoms with Crippen LogP contribution in [0, 0.1) is 11.7 Å². The van der Waals surface area contributed by atoms with Crippen molar-refractivity contribution in [1.29, 1.82) is 0 Å². The largest absolute Gasteiger partial charge is 0.492 e. The molecule has 2 atom stereocenters. The Kier molecular flexibility index (Phi) is 4.83. The van der Waals surface area contributed by atoms with Crippen molar-refractivity contribution in [1.82, 2.24) is 0 Å². The predicted molar refractivity (Wildman–Crippen MR) is 72.9 cm³/mol. The molecule has 0 radical (unpaired) electrons. The standard InChI is InChI=1S/C14H20BFO3/c1-2-10-5-3-4-6-13(10)19-14-8-7-11(16)9-12(14)15(17)18/h7-10,13,17-18H,2-6H2,1H3. The summed E-state index contributed by atoms with van der Waals surface area (Å²) in [4.78, 5) is 0. The molecular formula is C14H20BFO3. The summed E-state index contributed by atoms with van der Waals surface area (Å²) >= 11 is 0. The summed E-state index contributed by atoms with van der Waals surface area (Å²) in [6, 6.07) is 3.88. The predicted octanol–water partition coefficient (Wildman–Crippen LogP) is 1.85. The van der Waals surface area contributed by atoms with Crippen LogP contribution in [0.3, 0.4) is 0 Å². The van der Waals surface area contributed by atoms with Crippen LogP contribution in [-0.2, 0) is 0 Å². The average Bonchev–Trinajstić information content (AvgIpc) is 2.41. The highest BCUT2D eigenvalue weighted by atomic mass is 19.1. The molecule has 1 fully saturated rings. The number of ether oxygens (including phenoxy) is 1. The van der Waals surface area contributed by atoms with Crippen molar-refractivity contribution in [3.8, 4) is 5.75 Å². The molecule has 1 saturated carbocycles. The van der Waals surface area contributed by atoms with E-state index in [-0.39, 0.29) is 11.6 Å². The van der Waals surface area contributed by atoms with Crippen LogP contribution in [0.2, 0.25) is 0 Å². The molecule has 0 heterocycles. The Hall–Kier alpha value is -1.07. The lowest BCUT2D eigenvalue weighted by molar-refractivity contribution is 0.0911. The third-order valence-corrected chi connectivity index (χ3v) is 3.89. The maximum Gasteiger partial charge on any atom is 0.492 e. The van der Waals surface area contributed by atoms with E-state index < -0.39 is 12.9 Å². The van der Waals surface area contributed by atoms with Gasteiger partial charge in [-0.25, -0.2) is 4.39 Å². The number of hydrogen-bond donors (Lipinski definition) is 2. The topological polar surface area (TPSA) is 49.7 Å². The number of halogens is 1. The molecule has 1 aromatic carbocycles. The van der Waals surface area contributed by atoms with Crippen LogP contribution in [0.4, 0.5) is 4.39 Å². The van der Waals surface area contributed by atoms with Crippen LogP contribution in [0.25, 0.3) is 0 Å². The molecular weight excluding hydrogens is 246 g/mol. The fraction of sp³-hybridized carbons (Fsp3) is 0.571. The molecule has 0 amide bonds. The van der Waals surface area contributed by atoms with Crippen LogP contribution in [0.1, 0.15) is 39.0 Å². The molecule has 1 aliphatic carbocycles. The van der Waals surface area contributed by atoms with Crippen molar-refractivity contribution in [2.75, 3.05) is 0 Å². The molecule has 3 nitrogen and oxygen atoms in total. The van der Waals surface area contributed by atoms with Gasteiger partial charge in [0.2, 0.25) is 0 Å². The zero-order valence-electron chi connectivity index (χ0n) is 11.2. The summed E-state index contributed by atoms with van der Waals surface area (Å²) in [6.07, 6.45) is 5.58. The summed E-state index contributed by atoms with van der Waals surface area (Å²) in [6.45, 7) is 2.14. The third-order valence-electron chi connectivity index (χ3n) is 3.89. The smallest absolute Gasteiger partial charge is 0.491 e. The molecule has 0 aliphatic heterocycles. The molecule has 2 unspecified atom stereocenters. The average molecular weight is 266 g/mol. The van der Waals surface area contributed by atoms with Gasteiger partial charge in [-0.3, -0.25) is 0 Å².